The van der Waals surface area contributed by atoms with Crippen molar-refractivity contribution in [2.24, 2.45) is 0 Å². The quantitative estimate of drug-likeness (QED) is 0.253. The number of fused-ring (bicyclic) bond motifs is 2. The number of piperazine rings is 1. The first kappa shape index (κ1) is 25.9. The minimum atomic E-state index is -0.412. The van der Waals surface area contributed by atoms with Crippen molar-refractivity contribution < 1.29 is 8.81 Å². The average Bonchev–Trinajstić information content (AvgIpc) is 3.57. The highest BCUT2D eigenvalue weighted by atomic mass is 19.1. The van der Waals surface area contributed by atoms with Crippen LogP contribution >= 0.6 is 0 Å². The maximum Gasteiger partial charge on any atom is 0.300 e. The minimum Gasteiger partial charge on any atom is -0.423 e. The maximum atomic E-state index is 15.5. The zero-order chi connectivity index (χ0) is 28.1. The molecule has 4 N–H and O–H groups in total. The van der Waals surface area contributed by atoms with Crippen molar-refractivity contribution in [1.29, 1.82) is 0 Å². The van der Waals surface area contributed by atoms with Gasteiger partial charge in [0.1, 0.15) is 29.1 Å². The number of aromatic nitrogens is 4. The van der Waals surface area contributed by atoms with E-state index in [9.17, 15) is 0 Å². The summed E-state index contributed by atoms with van der Waals surface area (Å²) in [5.74, 6) is -0.0106. The molecule has 1 aliphatic heterocycles. The predicted molar refractivity (Wildman–Crippen MR) is 160 cm³/mol. The normalized spacial score (nSPS) is 20.2. The molecule has 1 saturated heterocycles. The van der Waals surface area contributed by atoms with Gasteiger partial charge in [0.2, 0.25) is 0 Å². The van der Waals surface area contributed by atoms with Gasteiger partial charge in [0.15, 0.2) is 5.58 Å². The van der Waals surface area contributed by atoms with Gasteiger partial charge >= 0.3 is 0 Å². The van der Waals surface area contributed by atoms with Crippen LogP contribution in [0.1, 0.15) is 42.9 Å². The second-order valence-electron chi connectivity index (χ2n) is 11.4. The highest BCUT2D eigenvalue weighted by molar-refractivity contribution is 6.00. The van der Waals surface area contributed by atoms with E-state index in [0.717, 1.165) is 90.7 Å². The van der Waals surface area contributed by atoms with E-state index in [1.165, 1.54) is 12.4 Å². The number of nitrogens with two attached hydrogens (primary N) is 1. The van der Waals surface area contributed by atoms with Crippen LogP contribution in [0.5, 0.6) is 0 Å². The molecular weight excluding hydrogens is 519 g/mol. The molecule has 0 unspecified atom stereocenters. The lowest BCUT2D eigenvalue weighted by molar-refractivity contribution is 0.124. The van der Waals surface area contributed by atoms with Crippen LogP contribution in [0.25, 0.3) is 33.3 Å². The topological polar surface area (TPSA) is 110 Å². The molecule has 4 heterocycles. The van der Waals surface area contributed by atoms with Gasteiger partial charge in [-0.25, -0.2) is 14.4 Å². The number of nitrogens with one attached hydrogen (secondary N) is 2. The third kappa shape index (κ3) is 4.81. The van der Waals surface area contributed by atoms with Gasteiger partial charge in [0.25, 0.3) is 6.01 Å². The number of anilines is 3. The second-order valence-corrected chi connectivity index (χ2v) is 11.4. The first-order valence-corrected chi connectivity index (χ1v) is 14.4. The van der Waals surface area contributed by atoms with Gasteiger partial charge in [-0.2, -0.15) is 4.98 Å². The molecule has 0 atom stereocenters. The molecule has 41 heavy (non-hydrogen) atoms. The van der Waals surface area contributed by atoms with Crippen molar-refractivity contribution in [2.45, 2.75) is 51.6 Å². The van der Waals surface area contributed by atoms with Gasteiger partial charge < -0.3 is 25.4 Å². The summed E-state index contributed by atoms with van der Waals surface area (Å²) in [5, 5.41) is 7.22. The zero-order valence-corrected chi connectivity index (χ0v) is 23.5. The van der Waals surface area contributed by atoms with Gasteiger partial charge in [-0.15, -0.1) is 0 Å². The van der Waals surface area contributed by atoms with Gasteiger partial charge in [0.05, 0.1) is 11.1 Å². The van der Waals surface area contributed by atoms with E-state index >= 15 is 4.39 Å². The van der Waals surface area contributed by atoms with E-state index in [-0.39, 0.29) is 11.7 Å². The first-order chi connectivity index (χ1) is 19.9. The molecule has 0 amide bonds. The first-order valence-electron chi connectivity index (χ1n) is 14.4. The summed E-state index contributed by atoms with van der Waals surface area (Å²) < 4.78 is 23.6. The molecule has 2 aliphatic rings. The average molecular weight is 555 g/mol. The van der Waals surface area contributed by atoms with Crippen LogP contribution in [0, 0.1) is 19.7 Å². The number of rotatable bonds is 5. The monoisotopic (exact) mass is 554 g/mol. The van der Waals surface area contributed by atoms with E-state index in [4.69, 9.17) is 10.2 Å². The maximum absolute atomic E-state index is 15.5. The Kier molecular flexibility index (Phi) is 6.59. The Morgan fingerprint density at radius 3 is 2.59 bits per heavy atom. The molecule has 212 valence electrons. The van der Waals surface area contributed by atoms with Crippen molar-refractivity contribution in [3.05, 3.63) is 59.8 Å². The van der Waals surface area contributed by atoms with Crippen LogP contribution < -0.4 is 16.4 Å². The number of hydrogen-bond donors (Lipinski definition) is 3. The molecule has 0 spiro atoms. The predicted octanol–water partition coefficient (Wildman–Crippen LogP) is 5.71. The fraction of sp³-hybridized carbons (Fsp3) is 0.387. The summed E-state index contributed by atoms with van der Waals surface area (Å²) in [6, 6.07) is 10.3. The molecule has 9 nitrogen and oxygen atoms in total. The molecule has 0 radical (unpaired) electrons. The summed E-state index contributed by atoms with van der Waals surface area (Å²) in [4.78, 5) is 16.0. The third-order valence-corrected chi connectivity index (χ3v) is 8.71. The lowest BCUT2D eigenvalue weighted by Gasteiger charge is -2.39. The molecule has 2 fully saturated rings. The zero-order valence-electron chi connectivity index (χ0n) is 23.5. The Hall–Kier alpha value is -4.02. The lowest BCUT2D eigenvalue weighted by Crippen LogP contribution is -2.49. The largest absolute Gasteiger partial charge is 0.423 e. The molecular formula is C31H35FN8O. The Morgan fingerprint density at radius 2 is 1.80 bits per heavy atom. The van der Waals surface area contributed by atoms with Crippen molar-refractivity contribution in [1.82, 2.24) is 29.7 Å². The molecule has 3 aromatic heterocycles. The number of aryl methyl sites for hydroxylation is 2. The van der Waals surface area contributed by atoms with Crippen LogP contribution in [0.2, 0.25) is 0 Å². The van der Waals surface area contributed by atoms with Crippen LogP contribution in [-0.4, -0.2) is 56.6 Å². The number of benzene rings is 2. The van der Waals surface area contributed by atoms with Crippen molar-refractivity contribution in [2.75, 3.05) is 37.2 Å². The van der Waals surface area contributed by atoms with Gasteiger partial charge in [-0.3, -0.25) is 4.90 Å². The molecule has 0 bridgehead atoms. The van der Waals surface area contributed by atoms with Crippen molar-refractivity contribution in [3.8, 4) is 11.1 Å². The van der Waals surface area contributed by atoms with Gasteiger partial charge in [-0.1, -0.05) is 12.1 Å². The van der Waals surface area contributed by atoms with Crippen LogP contribution in [-0.2, 0) is 0 Å². The Labute approximate surface area is 238 Å². The molecule has 5 aromatic rings. The molecule has 10 heteroatoms. The Bertz CT molecular complexity index is 1730. The number of nitrogen functional groups attached to an aromatic ring is 1. The lowest BCUT2D eigenvalue weighted by atomic mass is 9.89. The molecule has 2 aromatic carbocycles. The molecule has 7 rings (SSSR count). The number of halogens is 1. The van der Waals surface area contributed by atoms with Gasteiger partial charge in [0, 0.05) is 50.0 Å². The van der Waals surface area contributed by atoms with Crippen LogP contribution in [0.4, 0.5) is 21.9 Å². The smallest absolute Gasteiger partial charge is 0.300 e. The van der Waals surface area contributed by atoms with E-state index in [0.29, 0.717) is 23.5 Å². The highest BCUT2D eigenvalue weighted by Crippen LogP contribution is 2.40. The standard InChI is InChI=1S/C31H35FN8O/c1-18-13-19(2)28-26(14-18)38-31(41-28)37-25-8-3-20(15-24(25)32)23-16-40(30-27(23)29(33)35-17-36-30)22-6-4-21(5-7-22)39-11-9-34-10-12-39/h3,8,13-17,21-22,34H,4-7,9-12H2,1-2H3,(H,37,38)(H2,33,35,36). The van der Waals surface area contributed by atoms with Crippen LogP contribution in [0.3, 0.4) is 0 Å². The number of nitrogens with zero attached hydrogens (tertiary/aromatic N) is 5. The van der Waals surface area contributed by atoms with Gasteiger partial charge in [-0.05, 0) is 74.4 Å². The molecule has 1 saturated carbocycles. The summed E-state index contributed by atoms with van der Waals surface area (Å²) >= 11 is 0. The SMILES string of the molecule is Cc1cc(C)c2oc(Nc3ccc(-c4cn(C5CCC(N6CCNCC6)CC5)c5ncnc(N)c45)cc3F)nc2c1. The number of hydrogen-bond acceptors (Lipinski definition) is 8. The van der Waals surface area contributed by atoms with E-state index in [1.807, 2.05) is 32.0 Å². The number of oxazole rings is 1. The van der Waals surface area contributed by atoms with E-state index in [2.05, 4.69) is 41.2 Å². The minimum absolute atomic E-state index is 0.256. The molecule has 1 aliphatic carbocycles. The summed E-state index contributed by atoms with van der Waals surface area (Å²) in [6.07, 6.45) is 8.06. The van der Waals surface area contributed by atoms with E-state index in [1.54, 1.807) is 6.07 Å². The summed E-state index contributed by atoms with van der Waals surface area (Å²) in [7, 11) is 0. The van der Waals surface area contributed by atoms with Crippen molar-refractivity contribution >= 4 is 39.7 Å². The Balaban J connectivity index is 1.16. The highest BCUT2D eigenvalue weighted by Gasteiger charge is 2.29. The summed E-state index contributed by atoms with van der Waals surface area (Å²) in [5.41, 5.74) is 12.6. The second kappa shape index (κ2) is 10.4. The van der Waals surface area contributed by atoms with E-state index < -0.39 is 5.82 Å². The summed E-state index contributed by atoms with van der Waals surface area (Å²) in [6.45, 7) is 8.38. The third-order valence-electron chi connectivity index (χ3n) is 8.71. The fourth-order valence-corrected chi connectivity index (χ4v) is 6.68. The fourth-order valence-electron chi connectivity index (χ4n) is 6.68. The Morgan fingerprint density at radius 1 is 1.02 bits per heavy atom. The van der Waals surface area contributed by atoms with Crippen LogP contribution in [0.15, 0.2) is 47.3 Å². The van der Waals surface area contributed by atoms with Crippen molar-refractivity contribution in [3.63, 3.8) is 0 Å².